The fourth-order valence-electron chi connectivity index (χ4n) is 3.39. The second-order valence-corrected chi connectivity index (χ2v) is 16.3. The van der Waals surface area contributed by atoms with Crippen molar-refractivity contribution in [3.05, 3.63) is 36.4 Å². The van der Waals surface area contributed by atoms with E-state index in [1.165, 1.54) is 6.08 Å². The molecule has 0 aromatic heterocycles. The van der Waals surface area contributed by atoms with Gasteiger partial charge in [-0.25, -0.2) is 6.08 Å². The van der Waals surface area contributed by atoms with Crippen LogP contribution in [0.1, 0.15) is 61.0 Å². The number of hydrogen-bond acceptors (Lipinski definition) is 1. The molecule has 0 bridgehead atoms. The zero-order valence-corrected chi connectivity index (χ0v) is 21.7. The third kappa shape index (κ3) is 11.4. The van der Waals surface area contributed by atoms with Gasteiger partial charge >= 0.3 is 16.5 Å². The molecule has 152 valence electrons. The molecule has 0 aliphatic carbocycles. The molecule has 0 heterocycles. The summed E-state index contributed by atoms with van der Waals surface area (Å²) in [7, 11) is -0.229. The summed E-state index contributed by atoms with van der Waals surface area (Å²) in [4.78, 5) is 0.806. The smallest absolute Gasteiger partial charge is 0.798 e. The monoisotopic (exact) mass is 456 g/mol. The molecule has 4 heteroatoms. The van der Waals surface area contributed by atoms with Crippen molar-refractivity contribution in [2.24, 2.45) is 0 Å². The van der Waals surface area contributed by atoms with Crippen LogP contribution in [0.2, 0.25) is 0 Å². The van der Waals surface area contributed by atoms with Crippen LogP contribution in [-0.4, -0.2) is 35.0 Å². The maximum atomic E-state index is 5.26. The Morgan fingerprint density at radius 1 is 0.808 bits per heavy atom. The van der Waals surface area contributed by atoms with E-state index in [0.717, 1.165) is 33.1 Å². The number of rotatable bonds is 8. The van der Waals surface area contributed by atoms with E-state index in [1.54, 1.807) is 12.3 Å². The number of hydrogen-bond donors (Lipinski definition) is 0. The fraction of sp³-hybridized carbons (Fsp3) is 0.636. The summed E-state index contributed by atoms with van der Waals surface area (Å²) in [6, 6.07) is 7.56. The average molecular weight is 457 g/mol. The van der Waals surface area contributed by atoms with Crippen LogP contribution in [0.4, 0.5) is 0 Å². The molecule has 0 aliphatic heterocycles. The Hall–Kier alpha value is 0.534. The first-order chi connectivity index (χ1) is 11.6. The van der Waals surface area contributed by atoms with Gasteiger partial charge in [0.15, 0.2) is 0 Å². The third-order valence-electron chi connectivity index (χ3n) is 4.77. The molecule has 0 unspecified atom stereocenters. The fourth-order valence-corrected chi connectivity index (χ4v) is 10.9. The van der Waals surface area contributed by atoms with E-state index in [2.05, 4.69) is 55.4 Å². The zero-order chi connectivity index (χ0) is 19.6. The average Bonchev–Trinajstić information content (AvgIpc) is 2.51. The van der Waals surface area contributed by atoms with E-state index in [-0.39, 0.29) is 32.3 Å². The van der Waals surface area contributed by atoms with Crippen molar-refractivity contribution in [3.63, 3.8) is 0 Å². The molecule has 0 aliphatic rings. The standard InChI is InChI=1S/C14H32P2.C8H7S.Ni/c1-11(2)15(12(3)4)9-10-16(13(5)6)14(7)8;1-2-7-5-3-4-6-8(7)9;/h11-14H,9-10H2,1-8H3;1-6,9H;/q;-1;+2/p+1. The first kappa shape index (κ1) is 28.7. The maximum absolute atomic E-state index is 5.26. The quantitative estimate of drug-likeness (QED) is 0.174. The summed E-state index contributed by atoms with van der Waals surface area (Å²) >= 11 is 4.94. The zero-order valence-electron chi connectivity index (χ0n) is 17.9. The van der Waals surface area contributed by atoms with Gasteiger partial charge in [-0.1, -0.05) is 18.2 Å². The van der Waals surface area contributed by atoms with Gasteiger partial charge < -0.3 is 12.6 Å². The summed E-state index contributed by atoms with van der Waals surface area (Å²) in [5, 5.41) is 0. The number of benzene rings is 1. The summed E-state index contributed by atoms with van der Waals surface area (Å²) in [6.07, 6.45) is 4.64. The Bertz CT molecular complexity index is 451. The second-order valence-electron chi connectivity index (χ2n) is 7.97. The van der Waals surface area contributed by atoms with Crippen LogP contribution >= 0.6 is 15.8 Å². The van der Waals surface area contributed by atoms with Crippen LogP contribution in [0.5, 0.6) is 0 Å². The first-order valence-electron chi connectivity index (χ1n) is 9.63. The van der Waals surface area contributed by atoms with Crippen molar-refractivity contribution >= 4 is 34.5 Å². The van der Waals surface area contributed by atoms with E-state index >= 15 is 0 Å². The molecule has 1 aromatic carbocycles. The van der Waals surface area contributed by atoms with Crippen molar-refractivity contribution in [2.45, 2.75) is 82.9 Å². The summed E-state index contributed by atoms with van der Waals surface area (Å²) in [6.45, 7) is 24.7. The summed E-state index contributed by atoms with van der Waals surface area (Å²) in [5.41, 5.74) is 4.73. The SMILES string of the molecule is CC(C)[PH+](CC[PH+](C(C)C)C(C)C)C(C)C.[CH-]=Cc1ccccc1[S-].[Ni+2]. The van der Waals surface area contributed by atoms with Crippen LogP contribution in [-0.2, 0) is 29.1 Å². The minimum Gasteiger partial charge on any atom is -0.798 e. The molecular weight excluding hydrogens is 417 g/mol. The second kappa shape index (κ2) is 15.5. The Kier molecular flexibility index (Phi) is 17.1. The van der Waals surface area contributed by atoms with Gasteiger partial charge in [-0.2, -0.15) is 5.56 Å². The van der Waals surface area contributed by atoms with Crippen LogP contribution in [0.3, 0.4) is 0 Å². The molecule has 26 heavy (non-hydrogen) atoms. The predicted octanol–water partition coefficient (Wildman–Crippen LogP) is 7.08. The predicted molar refractivity (Wildman–Crippen MR) is 128 cm³/mol. The van der Waals surface area contributed by atoms with Gasteiger partial charge in [0.05, 0.1) is 35.0 Å². The van der Waals surface area contributed by atoms with Gasteiger partial charge in [0, 0.05) is 15.8 Å². The summed E-state index contributed by atoms with van der Waals surface area (Å²) in [5.74, 6) is 0. The molecule has 0 fully saturated rings. The van der Waals surface area contributed by atoms with Gasteiger partial charge in [0.2, 0.25) is 0 Å². The Morgan fingerprint density at radius 2 is 1.15 bits per heavy atom. The van der Waals surface area contributed by atoms with E-state index in [4.69, 9.17) is 19.2 Å². The van der Waals surface area contributed by atoms with Crippen LogP contribution < -0.4 is 0 Å². The van der Waals surface area contributed by atoms with Crippen molar-refractivity contribution in [3.8, 4) is 0 Å². The Labute approximate surface area is 182 Å². The van der Waals surface area contributed by atoms with Crippen molar-refractivity contribution < 1.29 is 16.5 Å². The molecule has 0 atom stereocenters. The van der Waals surface area contributed by atoms with Gasteiger partial charge in [0.25, 0.3) is 0 Å². The molecule has 0 saturated carbocycles. The molecule has 1 rings (SSSR count). The molecule has 0 radical (unpaired) electrons. The molecule has 0 nitrogen and oxygen atoms in total. The van der Waals surface area contributed by atoms with Gasteiger partial charge in [-0.15, -0.1) is 6.07 Å². The van der Waals surface area contributed by atoms with Crippen LogP contribution in [0.25, 0.3) is 6.08 Å². The minimum atomic E-state index is -0.114. The normalized spacial score (nSPS) is 11.2. The molecule has 0 spiro atoms. The van der Waals surface area contributed by atoms with Gasteiger partial charge in [-0.3, -0.25) is 11.5 Å². The van der Waals surface area contributed by atoms with Crippen LogP contribution in [0, 0.1) is 6.58 Å². The van der Waals surface area contributed by atoms with Crippen LogP contribution in [0.15, 0.2) is 29.2 Å². The maximum Gasteiger partial charge on any atom is 2.00 e. The van der Waals surface area contributed by atoms with Gasteiger partial charge in [0.1, 0.15) is 0 Å². The van der Waals surface area contributed by atoms with E-state index in [1.807, 2.05) is 24.3 Å². The summed E-state index contributed by atoms with van der Waals surface area (Å²) < 4.78 is 0. The molecule has 0 amide bonds. The molecule has 1 aromatic rings. The largest absolute Gasteiger partial charge is 2.00 e. The minimum absolute atomic E-state index is 0. The molecular formula is C22H40NiP2S+2. The Balaban J connectivity index is 0. The van der Waals surface area contributed by atoms with Gasteiger partial charge in [-0.05, 0) is 55.4 Å². The van der Waals surface area contributed by atoms with E-state index < -0.39 is 0 Å². The first-order valence-corrected chi connectivity index (χ1v) is 13.8. The van der Waals surface area contributed by atoms with Crippen molar-refractivity contribution in [1.29, 1.82) is 0 Å². The van der Waals surface area contributed by atoms with Crippen molar-refractivity contribution in [1.82, 2.24) is 0 Å². The van der Waals surface area contributed by atoms with E-state index in [9.17, 15) is 0 Å². The van der Waals surface area contributed by atoms with Crippen molar-refractivity contribution in [2.75, 3.05) is 12.3 Å². The van der Waals surface area contributed by atoms with E-state index in [0.29, 0.717) is 0 Å². The molecule has 0 saturated heterocycles. The molecule has 0 N–H and O–H groups in total. The Morgan fingerprint density at radius 3 is 1.38 bits per heavy atom. The third-order valence-corrected chi connectivity index (χ3v) is 13.2. The topological polar surface area (TPSA) is 0 Å².